The standard InChI is InChI=1S/C14H14N2O5/c1-6-12(17)16-10-4-7(2-3-11(10)21-6)15-13(18)8-5-9(8)14(19)20/h2-4,6,8-9H,5H2,1H3,(H,15,18)(H,16,17)(H,19,20). The average molecular weight is 290 g/mol. The maximum atomic E-state index is 11.9. The second-order valence-corrected chi connectivity index (χ2v) is 5.24. The molecule has 7 heteroatoms. The Hall–Kier alpha value is -2.57. The lowest BCUT2D eigenvalue weighted by molar-refractivity contribution is -0.139. The van der Waals surface area contributed by atoms with Gasteiger partial charge in [-0.05, 0) is 31.5 Å². The molecule has 7 nitrogen and oxygen atoms in total. The molecule has 1 aliphatic carbocycles. The number of rotatable bonds is 3. The Bertz CT molecular complexity index is 642. The monoisotopic (exact) mass is 290 g/mol. The molecule has 1 fully saturated rings. The van der Waals surface area contributed by atoms with Gasteiger partial charge in [0.25, 0.3) is 5.91 Å². The molecule has 2 aliphatic rings. The van der Waals surface area contributed by atoms with E-state index in [-0.39, 0.29) is 11.8 Å². The van der Waals surface area contributed by atoms with E-state index < -0.39 is 23.9 Å². The maximum Gasteiger partial charge on any atom is 0.307 e. The zero-order valence-electron chi connectivity index (χ0n) is 11.3. The van der Waals surface area contributed by atoms with E-state index in [1.165, 1.54) is 0 Å². The number of hydrogen-bond donors (Lipinski definition) is 3. The number of carbonyl (C=O) groups is 3. The molecule has 1 aromatic carbocycles. The average Bonchev–Trinajstić information content (AvgIpc) is 3.21. The summed E-state index contributed by atoms with van der Waals surface area (Å²) in [6.45, 7) is 1.65. The van der Waals surface area contributed by atoms with E-state index in [4.69, 9.17) is 9.84 Å². The normalized spacial score (nSPS) is 26.1. The summed E-state index contributed by atoms with van der Waals surface area (Å²) in [6.07, 6.45) is -0.190. The fourth-order valence-corrected chi connectivity index (χ4v) is 2.28. The van der Waals surface area contributed by atoms with Crippen LogP contribution in [-0.2, 0) is 14.4 Å². The number of aliphatic carboxylic acids is 1. The molecule has 3 N–H and O–H groups in total. The van der Waals surface area contributed by atoms with Gasteiger partial charge >= 0.3 is 5.97 Å². The Balaban J connectivity index is 1.70. The van der Waals surface area contributed by atoms with E-state index >= 15 is 0 Å². The highest BCUT2D eigenvalue weighted by Crippen LogP contribution is 2.40. The lowest BCUT2D eigenvalue weighted by atomic mass is 10.2. The highest BCUT2D eigenvalue weighted by Gasteiger charge is 2.48. The van der Waals surface area contributed by atoms with Gasteiger partial charge < -0.3 is 20.5 Å². The van der Waals surface area contributed by atoms with Crippen molar-refractivity contribution in [1.82, 2.24) is 0 Å². The van der Waals surface area contributed by atoms with Gasteiger partial charge in [-0.3, -0.25) is 14.4 Å². The predicted octanol–water partition coefficient (Wildman–Crippen LogP) is 1.07. The van der Waals surface area contributed by atoms with E-state index in [0.29, 0.717) is 23.5 Å². The smallest absolute Gasteiger partial charge is 0.307 e. The molecular weight excluding hydrogens is 276 g/mol. The summed E-state index contributed by atoms with van der Waals surface area (Å²) in [4.78, 5) is 34.2. The molecule has 2 amide bonds. The van der Waals surface area contributed by atoms with Crippen LogP contribution < -0.4 is 15.4 Å². The van der Waals surface area contributed by atoms with E-state index in [0.717, 1.165) is 0 Å². The van der Waals surface area contributed by atoms with Crippen molar-refractivity contribution in [3.63, 3.8) is 0 Å². The van der Waals surface area contributed by atoms with Crippen LogP contribution in [0.1, 0.15) is 13.3 Å². The topological polar surface area (TPSA) is 105 Å². The molecule has 21 heavy (non-hydrogen) atoms. The molecule has 3 rings (SSSR count). The highest BCUT2D eigenvalue weighted by atomic mass is 16.5. The van der Waals surface area contributed by atoms with Gasteiger partial charge in [0.05, 0.1) is 17.5 Å². The Morgan fingerprint density at radius 2 is 2.14 bits per heavy atom. The van der Waals surface area contributed by atoms with Crippen LogP contribution in [0.2, 0.25) is 0 Å². The molecule has 0 radical (unpaired) electrons. The summed E-state index contributed by atoms with van der Waals surface area (Å²) >= 11 is 0. The van der Waals surface area contributed by atoms with Crippen LogP contribution in [0.4, 0.5) is 11.4 Å². The van der Waals surface area contributed by atoms with E-state index in [1.54, 1.807) is 25.1 Å². The first-order valence-corrected chi connectivity index (χ1v) is 6.61. The van der Waals surface area contributed by atoms with Crippen molar-refractivity contribution in [2.75, 3.05) is 10.6 Å². The van der Waals surface area contributed by atoms with Crippen LogP contribution in [-0.4, -0.2) is 29.0 Å². The zero-order valence-corrected chi connectivity index (χ0v) is 11.3. The third-order valence-electron chi connectivity index (χ3n) is 3.62. The van der Waals surface area contributed by atoms with Gasteiger partial charge in [0.15, 0.2) is 6.10 Å². The lowest BCUT2D eigenvalue weighted by Gasteiger charge is -2.23. The minimum atomic E-state index is -0.949. The van der Waals surface area contributed by atoms with E-state index in [9.17, 15) is 14.4 Å². The van der Waals surface area contributed by atoms with Crippen LogP contribution in [0.15, 0.2) is 18.2 Å². The number of hydrogen-bond acceptors (Lipinski definition) is 4. The summed E-state index contributed by atoms with van der Waals surface area (Å²) in [5, 5.41) is 14.1. The quantitative estimate of drug-likeness (QED) is 0.772. The maximum absolute atomic E-state index is 11.9. The molecule has 3 unspecified atom stereocenters. The molecule has 1 aromatic rings. The SMILES string of the molecule is CC1Oc2ccc(NC(=O)C3CC3C(=O)O)cc2NC1=O. The van der Waals surface area contributed by atoms with Gasteiger partial charge in [0.1, 0.15) is 5.75 Å². The molecule has 0 spiro atoms. The third kappa shape index (κ3) is 2.54. The number of fused-ring (bicyclic) bond motifs is 1. The third-order valence-corrected chi connectivity index (χ3v) is 3.62. The number of nitrogens with one attached hydrogen (secondary N) is 2. The molecule has 1 aliphatic heterocycles. The van der Waals surface area contributed by atoms with Crippen molar-refractivity contribution >= 4 is 29.2 Å². The second-order valence-electron chi connectivity index (χ2n) is 5.24. The molecule has 1 heterocycles. The second kappa shape index (κ2) is 4.76. The van der Waals surface area contributed by atoms with Gasteiger partial charge in [-0.2, -0.15) is 0 Å². The molecule has 110 valence electrons. The van der Waals surface area contributed by atoms with Gasteiger partial charge in [0.2, 0.25) is 5.91 Å². The molecule has 1 saturated carbocycles. The van der Waals surface area contributed by atoms with Crippen LogP contribution in [0.25, 0.3) is 0 Å². The zero-order chi connectivity index (χ0) is 15.1. The van der Waals surface area contributed by atoms with Crippen molar-refractivity contribution in [1.29, 1.82) is 0 Å². The first kappa shape index (κ1) is 13.4. The van der Waals surface area contributed by atoms with Crippen LogP contribution >= 0.6 is 0 Å². The van der Waals surface area contributed by atoms with Crippen molar-refractivity contribution in [3.8, 4) is 5.75 Å². The van der Waals surface area contributed by atoms with Crippen molar-refractivity contribution < 1.29 is 24.2 Å². The van der Waals surface area contributed by atoms with Crippen molar-refractivity contribution in [2.45, 2.75) is 19.4 Å². The Morgan fingerprint density at radius 1 is 1.38 bits per heavy atom. The van der Waals surface area contributed by atoms with Crippen LogP contribution in [0.5, 0.6) is 5.75 Å². The molecule has 0 aromatic heterocycles. The predicted molar refractivity (Wildman–Crippen MR) is 73.0 cm³/mol. The number of ether oxygens (including phenoxy) is 1. The largest absolute Gasteiger partial charge is 0.481 e. The van der Waals surface area contributed by atoms with Gasteiger partial charge in [-0.15, -0.1) is 0 Å². The minimum absolute atomic E-state index is 0.251. The molecule has 0 bridgehead atoms. The first-order chi connectivity index (χ1) is 9.95. The number of carboxylic acids is 1. The van der Waals surface area contributed by atoms with Crippen LogP contribution in [0.3, 0.4) is 0 Å². The van der Waals surface area contributed by atoms with Crippen molar-refractivity contribution in [2.24, 2.45) is 11.8 Å². The summed E-state index contributed by atoms with van der Waals surface area (Å²) in [7, 11) is 0. The fraction of sp³-hybridized carbons (Fsp3) is 0.357. The van der Waals surface area contributed by atoms with Gasteiger partial charge in [0, 0.05) is 5.69 Å². The molecule has 3 atom stereocenters. The van der Waals surface area contributed by atoms with Crippen molar-refractivity contribution in [3.05, 3.63) is 18.2 Å². The molecule has 0 saturated heterocycles. The Kier molecular flexibility index (Phi) is 3.04. The summed E-state index contributed by atoms with van der Waals surface area (Å²) in [6, 6.07) is 4.90. The summed E-state index contributed by atoms with van der Waals surface area (Å²) in [5.74, 6) is -2.06. The minimum Gasteiger partial charge on any atom is -0.481 e. The van der Waals surface area contributed by atoms with Gasteiger partial charge in [-0.1, -0.05) is 0 Å². The Labute approximate surface area is 120 Å². The number of carboxylic acid groups (broad SMARTS) is 1. The van der Waals surface area contributed by atoms with E-state index in [2.05, 4.69) is 10.6 Å². The first-order valence-electron chi connectivity index (χ1n) is 6.61. The van der Waals surface area contributed by atoms with E-state index in [1.807, 2.05) is 0 Å². The number of amides is 2. The number of anilines is 2. The summed E-state index contributed by atoms with van der Waals surface area (Å²) in [5.41, 5.74) is 0.981. The number of carbonyl (C=O) groups excluding carboxylic acids is 2. The summed E-state index contributed by atoms with van der Waals surface area (Å²) < 4.78 is 5.41. The lowest BCUT2D eigenvalue weighted by Crippen LogP contribution is -2.34. The highest BCUT2D eigenvalue weighted by molar-refractivity contribution is 6.01. The van der Waals surface area contributed by atoms with Crippen LogP contribution in [0, 0.1) is 11.8 Å². The Morgan fingerprint density at radius 3 is 2.81 bits per heavy atom. The number of benzene rings is 1. The molecular formula is C14H14N2O5. The van der Waals surface area contributed by atoms with Gasteiger partial charge in [-0.25, -0.2) is 0 Å². The fourth-order valence-electron chi connectivity index (χ4n) is 2.28.